The molecule has 156 valence electrons. The van der Waals surface area contributed by atoms with Crippen LogP contribution in [0.25, 0.3) is 0 Å². The molecule has 0 spiro atoms. The first-order chi connectivity index (χ1) is 14.0. The smallest absolute Gasteiger partial charge is 0.387 e. The Morgan fingerprint density at radius 3 is 2.52 bits per heavy atom. The van der Waals surface area contributed by atoms with Crippen molar-refractivity contribution in [3.8, 4) is 5.75 Å². The summed E-state index contributed by atoms with van der Waals surface area (Å²) in [6.07, 6.45) is 3.16. The number of nitrogens with zero attached hydrogens (tertiary/aromatic N) is 3. The van der Waals surface area contributed by atoms with Crippen LogP contribution in [0.1, 0.15) is 36.0 Å². The van der Waals surface area contributed by atoms with E-state index < -0.39 is 18.6 Å². The van der Waals surface area contributed by atoms with Crippen LogP contribution >= 0.6 is 0 Å². The van der Waals surface area contributed by atoms with E-state index >= 15 is 0 Å². The van der Waals surface area contributed by atoms with Crippen LogP contribution < -0.4 is 4.74 Å². The van der Waals surface area contributed by atoms with Crippen molar-refractivity contribution >= 4 is 17.7 Å². The molecule has 2 heterocycles. The molecule has 2 aliphatic heterocycles. The second-order valence-corrected chi connectivity index (χ2v) is 7.61. The lowest BCUT2D eigenvalue weighted by Gasteiger charge is -2.37. The Hall–Kier alpha value is -2.71. The number of hydrogen-bond donors (Lipinski definition) is 0. The molecule has 1 atom stereocenters. The molecule has 7 nitrogen and oxygen atoms in total. The van der Waals surface area contributed by atoms with E-state index in [1.54, 1.807) is 6.07 Å². The van der Waals surface area contributed by atoms with Crippen LogP contribution in [0.15, 0.2) is 24.3 Å². The van der Waals surface area contributed by atoms with Gasteiger partial charge in [0.1, 0.15) is 11.8 Å². The largest absolute Gasteiger partial charge is 0.434 e. The summed E-state index contributed by atoms with van der Waals surface area (Å²) in [4.78, 5) is 43.2. The Labute approximate surface area is 167 Å². The minimum atomic E-state index is -3.05. The fourth-order valence-electron chi connectivity index (χ4n) is 4.12. The summed E-state index contributed by atoms with van der Waals surface area (Å²) in [5, 5.41) is 0. The Morgan fingerprint density at radius 2 is 1.83 bits per heavy atom. The maximum atomic E-state index is 13.1. The van der Waals surface area contributed by atoms with Gasteiger partial charge in [-0.05, 0) is 37.8 Å². The van der Waals surface area contributed by atoms with E-state index in [1.165, 1.54) is 28.0 Å². The maximum absolute atomic E-state index is 13.1. The number of alkyl halides is 2. The normalized spacial score (nSPS) is 22.4. The molecule has 1 aromatic carbocycles. The first-order valence-electron chi connectivity index (χ1n) is 9.89. The lowest BCUT2D eigenvalue weighted by molar-refractivity contribution is -0.147. The number of likely N-dealkylation sites (tertiary alicyclic amines) is 1. The van der Waals surface area contributed by atoms with Gasteiger partial charge < -0.3 is 19.4 Å². The highest BCUT2D eigenvalue weighted by atomic mass is 19.3. The summed E-state index contributed by atoms with van der Waals surface area (Å²) in [6.45, 7) is -1.70. The number of halogens is 2. The maximum Gasteiger partial charge on any atom is 0.387 e. The standard InChI is InChI=1S/C20H23F2N3O4/c21-20(22)29-16-6-2-1-4-14(16)18(27)25-9-3-5-15(25)19(28)23-10-11-24(13-7-8-13)17(26)12-23/h1-2,4,6,13,15,20H,3,5,7-12H2. The van der Waals surface area contributed by atoms with Crippen LogP contribution in [-0.4, -0.2) is 77.3 Å². The molecule has 3 amide bonds. The van der Waals surface area contributed by atoms with Gasteiger partial charge in [0.25, 0.3) is 5.91 Å². The number of carbonyl (C=O) groups is 3. The molecule has 3 fully saturated rings. The van der Waals surface area contributed by atoms with E-state index in [0.29, 0.717) is 38.5 Å². The summed E-state index contributed by atoms with van der Waals surface area (Å²) in [7, 11) is 0. The molecule has 1 saturated carbocycles. The number of piperazine rings is 1. The molecule has 1 aliphatic carbocycles. The van der Waals surface area contributed by atoms with Gasteiger partial charge in [0.2, 0.25) is 11.8 Å². The predicted molar refractivity (Wildman–Crippen MR) is 98.4 cm³/mol. The average Bonchev–Trinajstić information content (AvgIpc) is 3.42. The first-order valence-corrected chi connectivity index (χ1v) is 9.89. The quantitative estimate of drug-likeness (QED) is 0.746. The lowest BCUT2D eigenvalue weighted by atomic mass is 10.1. The fraction of sp³-hybridized carbons (Fsp3) is 0.550. The summed E-state index contributed by atoms with van der Waals surface area (Å²) in [5.74, 6) is -1.04. The van der Waals surface area contributed by atoms with Crippen LogP contribution in [0.3, 0.4) is 0 Å². The molecule has 0 aromatic heterocycles. The molecule has 1 aromatic rings. The SMILES string of the molecule is O=C(C1CCCN1C(=O)c1ccccc1OC(F)F)N1CCN(C2CC2)C(=O)C1. The molecule has 1 unspecified atom stereocenters. The van der Waals surface area contributed by atoms with Crippen molar-refractivity contribution in [2.75, 3.05) is 26.2 Å². The van der Waals surface area contributed by atoms with Crippen molar-refractivity contribution in [2.45, 2.75) is 44.4 Å². The topological polar surface area (TPSA) is 70.2 Å². The van der Waals surface area contributed by atoms with E-state index in [1.807, 2.05) is 4.90 Å². The Balaban J connectivity index is 1.47. The van der Waals surface area contributed by atoms with Gasteiger partial charge >= 0.3 is 6.61 Å². The van der Waals surface area contributed by atoms with Crippen molar-refractivity contribution in [3.63, 3.8) is 0 Å². The van der Waals surface area contributed by atoms with E-state index in [4.69, 9.17) is 0 Å². The van der Waals surface area contributed by atoms with Gasteiger partial charge in [-0.3, -0.25) is 14.4 Å². The zero-order valence-electron chi connectivity index (χ0n) is 15.9. The highest BCUT2D eigenvalue weighted by Crippen LogP contribution is 2.30. The lowest BCUT2D eigenvalue weighted by Crippen LogP contribution is -2.57. The zero-order chi connectivity index (χ0) is 20.5. The number of benzene rings is 1. The van der Waals surface area contributed by atoms with Gasteiger partial charge in [-0.25, -0.2) is 0 Å². The second-order valence-electron chi connectivity index (χ2n) is 7.61. The Bertz CT molecular complexity index is 815. The van der Waals surface area contributed by atoms with Gasteiger partial charge in [-0.2, -0.15) is 8.78 Å². The molecule has 0 bridgehead atoms. The van der Waals surface area contributed by atoms with Crippen LogP contribution in [0.2, 0.25) is 0 Å². The molecule has 4 rings (SSSR count). The number of ether oxygens (including phenoxy) is 1. The van der Waals surface area contributed by atoms with Gasteiger partial charge in [0.05, 0.1) is 12.1 Å². The second kappa shape index (κ2) is 7.96. The molecule has 9 heteroatoms. The van der Waals surface area contributed by atoms with E-state index in [0.717, 1.165) is 12.8 Å². The van der Waals surface area contributed by atoms with Gasteiger partial charge in [-0.1, -0.05) is 12.1 Å². The van der Waals surface area contributed by atoms with Crippen LogP contribution in [0.4, 0.5) is 8.78 Å². The third-order valence-electron chi connectivity index (χ3n) is 5.69. The van der Waals surface area contributed by atoms with Crippen molar-refractivity contribution in [2.24, 2.45) is 0 Å². The molecular formula is C20H23F2N3O4. The van der Waals surface area contributed by atoms with Crippen LogP contribution in [0.5, 0.6) is 5.75 Å². The Kier molecular flexibility index (Phi) is 5.38. The van der Waals surface area contributed by atoms with Crippen molar-refractivity contribution in [1.82, 2.24) is 14.7 Å². The van der Waals surface area contributed by atoms with Crippen molar-refractivity contribution < 1.29 is 27.9 Å². The molecule has 29 heavy (non-hydrogen) atoms. The summed E-state index contributed by atoms with van der Waals surface area (Å²) in [6, 6.07) is 5.42. The summed E-state index contributed by atoms with van der Waals surface area (Å²) >= 11 is 0. The number of rotatable bonds is 5. The minimum absolute atomic E-state index is 0.00197. The van der Waals surface area contributed by atoms with Crippen LogP contribution in [0, 0.1) is 0 Å². The van der Waals surface area contributed by atoms with Crippen molar-refractivity contribution in [1.29, 1.82) is 0 Å². The van der Waals surface area contributed by atoms with Gasteiger partial charge in [0, 0.05) is 25.7 Å². The predicted octanol–water partition coefficient (Wildman–Crippen LogP) is 1.73. The molecule has 0 N–H and O–H groups in total. The van der Waals surface area contributed by atoms with Crippen LogP contribution in [-0.2, 0) is 9.59 Å². The van der Waals surface area contributed by atoms with Gasteiger partial charge in [0.15, 0.2) is 0 Å². The number of carbonyl (C=O) groups excluding carboxylic acids is 3. The molecular weight excluding hydrogens is 384 g/mol. The van der Waals surface area contributed by atoms with Gasteiger partial charge in [-0.15, -0.1) is 0 Å². The van der Waals surface area contributed by atoms with E-state index in [9.17, 15) is 23.2 Å². The molecule has 0 radical (unpaired) electrons. The highest BCUT2D eigenvalue weighted by molar-refractivity contribution is 6.00. The van der Waals surface area contributed by atoms with E-state index in [-0.39, 0.29) is 29.7 Å². The summed E-state index contributed by atoms with van der Waals surface area (Å²) in [5.41, 5.74) is 0.00197. The zero-order valence-corrected chi connectivity index (χ0v) is 15.9. The third-order valence-corrected chi connectivity index (χ3v) is 5.69. The van der Waals surface area contributed by atoms with Crippen molar-refractivity contribution in [3.05, 3.63) is 29.8 Å². The minimum Gasteiger partial charge on any atom is -0.434 e. The monoisotopic (exact) mass is 407 g/mol. The third kappa shape index (κ3) is 4.04. The number of hydrogen-bond acceptors (Lipinski definition) is 4. The fourth-order valence-corrected chi connectivity index (χ4v) is 4.12. The molecule has 3 aliphatic rings. The highest BCUT2D eigenvalue weighted by Gasteiger charge is 2.41. The number of amides is 3. The van der Waals surface area contributed by atoms with E-state index in [2.05, 4.69) is 4.74 Å². The summed E-state index contributed by atoms with van der Waals surface area (Å²) < 4.78 is 29.8. The average molecular weight is 407 g/mol. The Morgan fingerprint density at radius 1 is 1.07 bits per heavy atom. The first kappa shape index (κ1) is 19.6. The number of para-hydroxylation sites is 1. The molecule has 2 saturated heterocycles.